The second-order valence-corrected chi connectivity index (χ2v) is 8.40. The zero-order valence-corrected chi connectivity index (χ0v) is 18.6. The first-order valence-corrected chi connectivity index (χ1v) is 11.2. The van der Waals surface area contributed by atoms with Crippen LogP contribution in [0.2, 0.25) is 0 Å². The van der Waals surface area contributed by atoms with Gasteiger partial charge < -0.3 is 10.1 Å². The topological polar surface area (TPSA) is 73.2 Å². The molecule has 0 saturated heterocycles. The predicted octanol–water partition coefficient (Wildman–Crippen LogP) is 4.90. The van der Waals surface area contributed by atoms with E-state index in [4.69, 9.17) is 9.72 Å². The van der Waals surface area contributed by atoms with E-state index in [1.54, 1.807) is 23.6 Å². The van der Waals surface area contributed by atoms with Crippen molar-refractivity contribution in [2.75, 3.05) is 11.9 Å². The standard InChI is InChI=1S/C25H23N3O3S/c1-3-31-20-15-13-19(14-16-20)28-24(30)21-11-7-8-12-22(21)27-25(28)32-17(2)23(29)26-18-9-5-4-6-10-18/h4-17H,3H2,1-2H3,(H,26,29)/t17-/m1/s1. The normalized spacial score (nSPS) is 11.8. The number of carbonyl (C=O) groups excluding carboxylic acids is 1. The Labute approximate surface area is 190 Å². The molecule has 0 unspecified atom stereocenters. The molecule has 0 saturated carbocycles. The lowest BCUT2D eigenvalue weighted by Crippen LogP contribution is -2.26. The molecule has 0 radical (unpaired) electrons. The van der Waals surface area contributed by atoms with Gasteiger partial charge in [0.15, 0.2) is 5.16 Å². The summed E-state index contributed by atoms with van der Waals surface area (Å²) >= 11 is 1.24. The van der Waals surface area contributed by atoms with Crippen LogP contribution >= 0.6 is 11.8 Å². The Morgan fingerprint density at radius 1 is 1.03 bits per heavy atom. The third-order valence-electron chi connectivity index (χ3n) is 4.84. The summed E-state index contributed by atoms with van der Waals surface area (Å²) in [6.45, 7) is 4.28. The van der Waals surface area contributed by atoms with E-state index in [9.17, 15) is 9.59 Å². The van der Waals surface area contributed by atoms with Gasteiger partial charge >= 0.3 is 0 Å². The highest BCUT2D eigenvalue weighted by Crippen LogP contribution is 2.26. The molecule has 0 spiro atoms. The monoisotopic (exact) mass is 445 g/mol. The molecule has 7 heteroatoms. The van der Waals surface area contributed by atoms with Gasteiger partial charge in [-0.3, -0.25) is 14.2 Å². The van der Waals surface area contributed by atoms with Gasteiger partial charge in [0.1, 0.15) is 5.75 Å². The van der Waals surface area contributed by atoms with Crippen molar-refractivity contribution in [3.05, 3.63) is 89.2 Å². The summed E-state index contributed by atoms with van der Waals surface area (Å²) in [5.41, 5.74) is 1.80. The fourth-order valence-electron chi connectivity index (χ4n) is 3.25. The predicted molar refractivity (Wildman–Crippen MR) is 129 cm³/mol. The first kappa shape index (κ1) is 21.6. The third kappa shape index (κ3) is 4.68. The fraction of sp³-hybridized carbons (Fsp3) is 0.160. The lowest BCUT2D eigenvalue weighted by Gasteiger charge is -2.17. The van der Waals surface area contributed by atoms with Crippen LogP contribution in [0.25, 0.3) is 16.6 Å². The molecule has 1 amide bonds. The molecule has 32 heavy (non-hydrogen) atoms. The molecule has 0 aliphatic heterocycles. The van der Waals surface area contributed by atoms with E-state index in [0.717, 1.165) is 11.4 Å². The molecule has 4 rings (SSSR count). The van der Waals surface area contributed by atoms with Gasteiger partial charge in [-0.15, -0.1) is 0 Å². The summed E-state index contributed by atoms with van der Waals surface area (Å²) in [5, 5.41) is 3.40. The molecule has 3 aromatic carbocycles. The van der Waals surface area contributed by atoms with Crippen LogP contribution in [-0.2, 0) is 4.79 Å². The molecule has 0 bridgehead atoms. The molecular formula is C25H23N3O3S. The van der Waals surface area contributed by atoms with E-state index in [-0.39, 0.29) is 11.5 Å². The Kier molecular flexibility index (Phi) is 6.56. The van der Waals surface area contributed by atoms with E-state index >= 15 is 0 Å². The van der Waals surface area contributed by atoms with Crippen LogP contribution in [0.3, 0.4) is 0 Å². The zero-order chi connectivity index (χ0) is 22.5. The van der Waals surface area contributed by atoms with Crippen LogP contribution in [0.1, 0.15) is 13.8 Å². The molecule has 1 heterocycles. The maximum Gasteiger partial charge on any atom is 0.266 e. The van der Waals surface area contributed by atoms with Crippen molar-refractivity contribution in [2.24, 2.45) is 0 Å². The maximum absolute atomic E-state index is 13.4. The number of aromatic nitrogens is 2. The minimum atomic E-state index is -0.475. The molecule has 0 aliphatic carbocycles. The number of hydrogen-bond acceptors (Lipinski definition) is 5. The van der Waals surface area contributed by atoms with E-state index in [1.807, 2.05) is 73.7 Å². The van der Waals surface area contributed by atoms with Gasteiger partial charge in [-0.25, -0.2) is 4.98 Å². The molecule has 0 fully saturated rings. The summed E-state index contributed by atoms with van der Waals surface area (Å²) < 4.78 is 7.07. The van der Waals surface area contributed by atoms with Crippen molar-refractivity contribution in [3.63, 3.8) is 0 Å². The van der Waals surface area contributed by atoms with Crippen LogP contribution in [0.15, 0.2) is 88.8 Å². The minimum Gasteiger partial charge on any atom is -0.494 e. The Morgan fingerprint density at radius 3 is 2.44 bits per heavy atom. The van der Waals surface area contributed by atoms with Crippen LogP contribution < -0.4 is 15.6 Å². The SMILES string of the molecule is CCOc1ccc(-n2c(S[C@H](C)C(=O)Nc3ccccc3)nc3ccccc3c2=O)cc1. The number of carbonyl (C=O) groups is 1. The average molecular weight is 446 g/mol. The van der Waals surface area contributed by atoms with Gasteiger partial charge in [-0.2, -0.15) is 0 Å². The molecule has 1 aromatic heterocycles. The molecule has 0 aliphatic rings. The summed E-state index contributed by atoms with van der Waals surface area (Å²) in [6, 6.07) is 23.8. The number of ether oxygens (including phenoxy) is 1. The van der Waals surface area contributed by atoms with E-state index in [1.165, 1.54) is 11.8 Å². The quantitative estimate of drug-likeness (QED) is 0.323. The number of thioether (sulfide) groups is 1. The number of fused-ring (bicyclic) bond motifs is 1. The highest BCUT2D eigenvalue weighted by molar-refractivity contribution is 8.00. The lowest BCUT2D eigenvalue weighted by molar-refractivity contribution is -0.115. The Balaban J connectivity index is 1.71. The van der Waals surface area contributed by atoms with Gasteiger partial charge in [0.25, 0.3) is 5.56 Å². The lowest BCUT2D eigenvalue weighted by atomic mass is 10.2. The zero-order valence-electron chi connectivity index (χ0n) is 17.8. The molecule has 4 aromatic rings. The van der Waals surface area contributed by atoms with Crippen molar-refractivity contribution in [1.29, 1.82) is 0 Å². The average Bonchev–Trinajstić information content (AvgIpc) is 2.81. The molecule has 6 nitrogen and oxygen atoms in total. The fourth-order valence-corrected chi connectivity index (χ4v) is 4.18. The Bertz CT molecular complexity index is 1290. The summed E-state index contributed by atoms with van der Waals surface area (Å²) in [7, 11) is 0. The Hall–Kier alpha value is -3.58. The number of para-hydroxylation sites is 2. The number of anilines is 1. The van der Waals surface area contributed by atoms with Crippen molar-refractivity contribution in [3.8, 4) is 11.4 Å². The number of nitrogens with one attached hydrogen (secondary N) is 1. The minimum absolute atomic E-state index is 0.165. The van der Waals surface area contributed by atoms with Gasteiger partial charge in [0, 0.05) is 5.69 Å². The van der Waals surface area contributed by atoms with Gasteiger partial charge in [-0.1, -0.05) is 42.1 Å². The Morgan fingerprint density at radius 2 is 1.72 bits per heavy atom. The number of hydrogen-bond donors (Lipinski definition) is 1. The van der Waals surface area contributed by atoms with Crippen molar-refractivity contribution in [2.45, 2.75) is 24.3 Å². The van der Waals surface area contributed by atoms with Crippen LogP contribution in [0.5, 0.6) is 5.75 Å². The second-order valence-electron chi connectivity index (χ2n) is 7.09. The van der Waals surface area contributed by atoms with Gasteiger partial charge in [-0.05, 0) is 62.4 Å². The van der Waals surface area contributed by atoms with Gasteiger partial charge in [0.05, 0.1) is 28.4 Å². The first-order valence-electron chi connectivity index (χ1n) is 10.3. The first-order chi connectivity index (χ1) is 15.6. The van der Waals surface area contributed by atoms with E-state index in [2.05, 4.69) is 5.32 Å². The number of amides is 1. The maximum atomic E-state index is 13.4. The number of nitrogens with zero attached hydrogens (tertiary/aromatic N) is 2. The molecule has 1 N–H and O–H groups in total. The molecule has 162 valence electrons. The summed E-state index contributed by atoms with van der Waals surface area (Å²) in [6.07, 6.45) is 0. The summed E-state index contributed by atoms with van der Waals surface area (Å²) in [5.74, 6) is 0.560. The van der Waals surface area contributed by atoms with Crippen molar-refractivity contribution >= 4 is 34.3 Å². The van der Waals surface area contributed by atoms with Gasteiger partial charge in [0.2, 0.25) is 5.91 Å². The second kappa shape index (κ2) is 9.70. The van der Waals surface area contributed by atoms with E-state index in [0.29, 0.717) is 28.4 Å². The summed E-state index contributed by atoms with van der Waals surface area (Å²) in [4.78, 5) is 30.9. The highest BCUT2D eigenvalue weighted by atomic mass is 32.2. The van der Waals surface area contributed by atoms with Crippen LogP contribution in [0.4, 0.5) is 5.69 Å². The van der Waals surface area contributed by atoms with E-state index < -0.39 is 5.25 Å². The van der Waals surface area contributed by atoms with Crippen molar-refractivity contribution in [1.82, 2.24) is 9.55 Å². The number of benzene rings is 3. The molecular weight excluding hydrogens is 422 g/mol. The molecule has 1 atom stereocenters. The van der Waals surface area contributed by atoms with Crippen molar-refractivity contribution < 1.29 is 9.53 Å². The van der Waals surface area contributed by atoms with Crippen LogP contribution in [-0.4, -0.2) is 27.3 Å². The highest BCUT2D eigenvalue weighted by Gasteiger charge is 2.20. The largest absolute Gasteiger partial charge is 0.494 e. The smallest absolute Gasteiger partial charge is 0.266 e. The third-order valence-corrected chi connectivity index (χ3v) is 5.90. The van der Waals surface area contributed by atoms with Crippen LogP contribution in [0, 0.1) is 0 Å². The number of rotatable bonds is 7.